The predicted octanol–water partition coefficient (Wildman–Crippen LogP) is 1.74. The molecule has 15 heteroatoms. The molecule has 2 rings (SSSR count). The molecule has 4 N–H and O–H groups in total. The minimum atomic E-state index is -0.684. The van der Waals surface area contributed by atoms with Crippen LogP contribution in [0.5, 0.6) is 0 Å². The third kappa shape index (κ3) is 12.0. The Bertz CT molecular complexity index is 965. The first-order valence-electron chi connectivity index (χ1n) is 12.1. The molecule has 1 aliphatic heterocycles. The van der Waals surface area contributed by atoms with Gasteiger partial charge < -0.3 is 34.9 Å². The van der Waals surface area contributed by atoms with Crippen molar-refractivity contribution in [2.24, 2.45) is 0 Å². The van der Waals surface area contributed by atoms with E-state index < -0.39 is 24.1 Å². The van der Waals surface area contributed by atoms with Crippen molar-refractivity contribution in [3.63, 3.8) is 0 Å². The Kier molecular flexibility index (Phi) is 16.6. The summed E-state index contributed by atoms with van der Waals surface area (Å²) in [6.07, 6.45) is 0.686. The van der Waals surface area contributed by atoms with Crippen LogP contribution in [-0.2, 0) is 19.2 Å². The van der Waals surface area contributed by atoms with E-state index in [0.29, 0.717) is 30.8 Å². The van der Waals surface area contributed by atoms with Crippen molar-refractivity contribution in [1.82, 2.24) is 25.9 Å². The summed E-state index contributed by atoms with van der Waals surface area (Å²) in [5.74, 6) is -0.764. The largest absolute Gasteiger partial charge is 0.466 e. The first kappa shape index (κ1) is 35.7. The quantitative estimate of drug-likeness (QED) is 0.131. The highest BCUT2D eigenvalue weighted by molar-refractivity contribution is 6.02. The fourth-order valence-electron chi connectivity index (χ4n) is 3.55. The number of urea groups is 1. The van der Waals surface area contributed by atoms with Gasteiger partial charge in [0, 0.05) is 37.9 Å². The zero-order valence-corrected chi connectivity index (χ0v) is 24.3. The van der Waals surface area contributed by atoms with Crippen molar-refractivity contribution in [2.75, 3.05) is 58.8 Å². The highest BCUT2D eigenvalue weighted by Gasteiger charge is 2.33. The Labute approximate surface area is 241 Å². The normalized spacial score (nSPS) is 14.0. The first-order chi connectivity index (χ1) is 17.6. The second-order valence-electron chi connectivity index (χ2n) is 8.76. The van der Waals surface area contributed by atoms with E-state index >= 15 is 0 Å². The average molecular weight is 593 g/mol. The lowest BCUT2D eigenvalue weighted by atomic mass is 10.2. The summed E-state index contributed by atoms with van der Waals surface area (Å²) in [5, 5.41) is 13.3. The molecule has 0 aliphatic carbocycles. The fourth-order valence-corrected chi connectivity index (χ4v) is 3.55. The van der Waals surface area contributed by atoms with E-state index in [1.165, 1.54) is 4.90 Å². The second-order valence-corrected chi connectivity index (χ2v) is 8.76. The maximum absolute atomic E-state index is 12.8. The topological polar surface area (TPSA) is 156 Å². The van der Waals surface area contributed by atoms with Gasteiger partial charge in [0.15, 0.2) is 5.84 Å². The van der Waals surface area contributed by atoms with Crippen LogP contribution in [0.1, 0.15) is 31.7 Å². The number of nitrogens with zero attached hydrogens (tertiary/aromatic N) is 3. The van der Waals surface area contributed by atoms with Crippen molar-refractivity contribution in [3.8, 4) is 0 Å². The lowest BCUT2D eigenvalue weighted by Crippen LogP contribution is -2.46. The van der Waals surface area contributed by atoms with Gasteiger partial charge >= 0.3 is 18.1 Å². The highest BCUT2D eigenvalue weighted by atomic mass is 35.5. The van der Waals surface area contributed by atoms with Gasteiger partial charge in [-0.05, 0) is 64.7 Å². The zero-order chi connectivity index (χ0) is 27.4. The number of halogens is 2. The lowest BCUT2D eigenvalue weighted by molar-refractivity contribution is -0.142. The highest BCUT2D eigenvalue weighted by Crippen LogP contribution is 2.22. The van der Waals surface area contributed by atoms with Crippen LogP contribution in [0.25, 0.3) is 0 Å². The number of amidine groups is 1. The number of carbonyl (C=O) groups is 4. The van der Waals surface area contributed by atoms with Gasteiger partial charge in [0.1, 0.15) is 6.04 Å². The predicted molar refractivity (Wildman–Crippen MR) is 152 cm³/mol. The van der Waals surface area contributed by atoms with Crippen LogP contribution in [0.15, 0.2) is 24.3 Å². The summed E-state index contributed by atoms with van der Waals surface area (Å²) in [5.41, 5.74) is 3.44. The van der Waals surface area contributed by atoms with Gasteiger partial charge in [-0.3, -0.25) is 15.0 Å². The molecule has 0 unspecified atom stereocenters. The molecule has 1 aromatic rings. The molecular formula is C24H39Cl2N7O6. The van der Waals surface area contributed by atoms with Crippen LogP contribution < -0.4 is 21.0 Å². The standard InChI is InChI=1S/C24H37N7O6.2ClH/c1-5-36-20(32)11-13-26-23(34)27-19-12-16-31(22(19)33)18-9-7-17(8-10-18)21(25)28-37-24(35)30(4)15-6-14-29(2)3;;/h7-10,19H,5-6,11-16H2,1-4H3,(H2,25,28)(H2,26,27,34);2*1H/t19-;;/m0../s1. The Morgan fingerprint density at radius 3 is 2.38 bits per heavy atom. The van der Waals surface area contributed by atoms with E-state index in [2.05, 4.69) is 16.1 Å². The maximum atomic E-state index is 12.8. The van der Waals surface area contributed by atoms with Gasteiger partial charge in [-0.15, -0.1) is 24.8 Å². The molecule has 0 saturated carbocycles. The van der Waals surface area contributed by atoms with Crippen molar-refractivity contribution in [1.29, 1.82) is 5.41 Å². The molecule has 1 atom stereocenters. The Morgan fingerprint density at radius 1 is 1.10 bits per heavy atom. The molecule has 1 aromatic carbocycles. The van der Waals surface area contributed by atoms with Crippen molar-refractivity contribution in [3.05, 3.63) is 29.8 Å². The van der Waals surface area contributed by atoms with Gasteiger partial charge in [0.2, 0.25) is 5.91 Å². The molecule has 1 saturated heterocycles. The smallest absolute Gasteiger partial charge is 0.433 e. The van der Waals surface area contributed by atoms with Crippen LogP contribution in [-0.4, -0.2) is 99.6 Å². The molecule has 0 radical (unpaired) electrons. The molecular weight excluding hydrogens is 553 g/mol. The molecule has 39 heavy (non-hydrogen) atoms. The minimum Gasteiger partial charge on any atom is -0.466 e. The number of rotatable bonds is 11. The molecule has 1 fully saturated rings. The molecule has 4 amide bonds. The van der Waals surface area contributed by atoms with Crippen LogP contribution in [0.3, 0.4) is 0 Å². The Morgan fingerprint density at radius 2 is 1.77 bits per heavy atom. The first-order valence-corrected chi connectivity index (χ1v) is 12.1. The number of carbonyl (C=O) groups excluding carboxylic acids is 4. The zero-order valence-electron chi connectivity index (χ0n) is 22.7. The van der Waals surface area contributed by atoms with E-state index in [9.17, 15) is 19.2 Å². The number of ether oxygens (including phenoxy) is 1. The van der Waals surface area contributed by atoms with E-state index in [1.54, 1.807) is 43.1 Å². The molecule has 0 spiro atoms. The molecule has 0 bridgehead atoms. The average Bonchev–Trinajstić information content (AvgIpc) is 3.21. The summed E-state index contributed by atoms with van der Waals surface area (Å²) < 4.78 is 4.80. The number of hydrogen-bond donors (Lipinski definition) is 4. The number of benzene rings is 1. The summed E-state index contributed by atoms with van der Waals surface area (Å²) in [6, 6.07) is 5.42. The van der Waals surface area contributed by atoms with Gasteiger partial charge in [-0.2, -0.15) is 5.48 Å². The van der Waals surface area contributed by atoms with Gasteiger partial charge in [-0.1, -0.05) is 0 Å². The van der Waals surface area contributed by atoms with E-state index in [4.69, 9.17) is 15.0 Å². The number of anilines is 1. The number of hydroxylamine groups is 1. The summed E-state index contributed by atoms with van der Waals surface area (Å²) >= 11 is 0. The van der Waals surface area contributed by atoms with Gasteiger partial charge in [0.25, 0.3) is 0 Å². The number of amides is 4. The third-order valence-corrected chi connectivity index (χ3v) is 5.55. The molecule has 1 aliphatic rings. The van der Waals surface area contributed by atoms with Gasteiger partial charge in [0.05, 0.1) is 13.0 Å². The Balaban J connectivity index is 0.00000722. The lowest BCUT2D eigenvalue weighted by Gasteiger charge is -2.19. The van der Waals surface area contributed by atoms with E-state index in [0.717, 1.165) is 13.0 Å². The molecule has 220 valence electrons. The van der Waals surface area contributed by atoms with Crippen LogP contribution in [0.4, 0.5) is 15.3 Å². The number of esters is 1. The van der Waals surface area contributed by atoms with Gasteiger partial charge in [-0.25, -0.2) is 9.59 Å². The van der Waals surface area contributed by atoms with Crippen LogP contribution in [0.2, 0.25) is 0 Å². The third-order valence-electron chi connectivity index (χ3n) is 5.55. The monoisotopic (exact) mass is 591 g/mol. The Hall–Kier alpha value is -3.29. The van der Waals surface area contributed by atoms with E-state index in [-0.39, 0.29) is 56.1 Å². The summed E-state index contributed by atoms with van der Waals surface area (Å²) in [4.78, 5) is 58.2. The molecule has 0 aromatic heterocycles. The second kappa shape index (κ2) is 18.1. The summed E-state index contributed by atoms with van der Waals surface area (Å²) in [6.45, 7) is 3.87. The van der Waals surface area contributed by atoms with Crippen molar-refractivity contribution < 1.29 is 28.8 Å². The fraction of sp³-hybridized carbons (Fsp3) is 0.542. The number of hydrogen-bond acceptors (Lipinski definition) is 8. The van der Waals surface area contributed by atoms with Crippen LogP contribution >= 0.6 is 24.8 Å². The SMILES string of the molecule is CCOC(=O)CCNC(=O)N[C@H]1CCN(c2ccc(C(=N)NOC(=O)N(C)CCCN(C)C)cc2)C1=O.Cl.Cl. The molecule has 1 heterocycles. The van der Waals surface area contributed by atoms with Crippen LogP contribution in [0, 0.1) is 5.41 Å². The van der Waals surface area contributed by atoms with Crippen molar-refractivity contribution >= 4 is 60.3 Å². The number of nitrogens with one attached hydrogen (secondary N) is 4. The molecule has 13 nitrogen and oxygen atoms in total. The minimum absolute atomic E-state index is 0. The maximum Gasteiger partial charge on any atom is 0.433 e. The van der Waals surface area contributed by atoms with E-state index in [1.807, 2.05) is 19.0 Å². The van der Waals surface area contributed by atoms with Crippen molar-refractivity contribution in [2.45, 2.75) is 32.2 Å². The summed E-state index contributed by atoms with van der Waals surface area (Å²) in [7, 11) is 5.54.